The van der Waals surface area contributed by atoms with E-state index in [2.05, 4.69) is 41.1 Å². The van der Waals surface area contributed by atoms with Gasteiger partial charge in [0.25, 0.3) is 5.97 Å². The Morgan fingerprint density at radius 3 is 2.49 bits per heavy atom. The van der Waals surface area contributed by atoms with Gasteiger partial charge in [-0.25, -0.2) is 9.37 Å². The Morgan fingerprint density at radius 2 is 1.73 bits per heavy atom. The van der Waals surface area contributed by atoms with Gasteiger partial charge in [0.2, 0.25) is 5.36 Å². The van der Waals surface area contributed by atoms with Crippen molar-refractivity contribution in [3.8, 4) is 11.5 Å². The van der Waals surface area contributed by atoms with Crippen molar-refractivity contribution in [2.45, 2.75) is 39.5 Å². The molecule has 0 aromatic heterocycles. The lowest BCUT2D eigenvalue weighted by Crippen LogP contribution is -2.39. The lowest BCUT2D eigenvalue weighted by Gasteiger charge is -2.26. The smallest absolute Gasteiger partial charge is 0.336 e. The zero-order chi connectivity index (χ0) is 26.1. The summed E-state index contributed by atoms with van der Waals surface area (Å²) in [6.45, 7) is 6.23. The maximum Gasteiger partial charge on any atom is 0.336 e. The van der Waals surface area contributed by atoms with Crippen molar-refractivity contribution >= 4 is 23.2 Å². The van der Waals surface area contributed by atoms with E-state index >= 15 is 0 Å². The predicted molar refractivity (Wildman–Crippen MR) is 142 cm³/mol. The fraction of sp³-hybridized carbons (Fsp3) is 0.300. The summed E-state index contributed by atoms with van der Waals surface area (Å²) in [6, 6.07) is 16.0. The van der Waals surface area contributed by atoms with Gasteiger partial charge in [-0.3, -0.25) is 4.79 Å². The Balaban J connectivity index is 0.000000655. The second kappa shape index (κ2) is 10.1. The maximum atomic E-state index is 12.2. The Labute approximate surface area is 215 Å². The zero-order valence-corrected chi connectivity index (χ0v) is 21.1. The molecule has 3 aliphatic heterocycles. The van der Waals surface area contributed by atoms with Gasteiger partial charge in [-0.1, -0.05) is 18.2 Å². The van der Waals surface area contributed by atoms with Crippen LogP contribution in [-0.4, -0.2) is 41.8 Å². The third-order valence-electron chi connectivity index (χ3n) is 7.11. The van der Waals surface area contributed by atoms with Crippen molar-refractivity contribution in [2.75, 3.05) is 25.0 Å². The van der Waals surface area contributed by atoms with Crippen LogP contribution in [0.25, 0.3) is 5.57 Å². The Hall–Kier alpha value is -4.13. The number of nitrogens with one attached hydrogen (secondary N) is 1. The largest absolute Gasteiger partial charge is 0.481 e. The summed E-state index contributed by atoms with van der Waals surface area (Å²) in [7, 11) is 0. The molecular weight excluding hydrogens is 468 g/mol. The third kappa shape index (κ3) is 4.69. The van der Waals surface area contributed by atoms with Crippen molar-refractivity contribution in [2.24, 2.45) is 0 Å². The summed E-state index contributed by atoms with van der Waals surface area (Å²) in [5, 5.41) is 23.1. The molecule has 0 atom stereocenters. The van der Waals surface area contributed by atoms with Crippen LogP contribution < -0.4 is 25.2 Å². The molecule has 0 aliphatic carbocycles. The molecule has 3 aliphatic rings. The van der Waals surface area contributed by atoms with Gasteiger partial charge in [0.15, 0.2) is 0 Å². The monoisotopic (exact) mass is 499 g/mol. The maximum absolute atomic E-state index is 12.2. The number of carboxylic acids is 2. The lowest BCUT2D eigenvalue weighted by atomic mass is 9.87. The molecule has 0 radical (unpaired) electrons. The highest BCUT2D eigenvalue weighted by molar-refractivity contribution is 5.98. The molecule has 0 saturated carbocycles. The summed E-state index contributed by atoms with van der Waals surface area (Å²) in [4.78, 5) is 21.2. The number of ether oxygens (including phenoxy) is 1. The van der Waals surface area contributed by atoms with Gasteiger partial charge in [-0.15, -0.1) is 0 Å². The number of anilines is 1. The van der Waals surface area contributed by atoms with E-state index in [0.29, 0.717) is 5.56 Å². The van der Waals surface area contributed by atoms with Crippen molar-refractivity contribution in [3.63, 3.8) is 0 Å². The summed E-state index contributed by atoms with van der Waals surface area (Å²) >= 11 is 0. The van der Waals surface area contributed by atoms with Crippen molar-refractivity contribution < 1.29 is 24.5 Å². The van der Waals surface area contributed by atoms with Crippen LogP contribution in [0.5, 0.6) is 11.5 Å². The van der Waals surface area contributed by atoms with E-state index in [-0.39, 0.29) is 0 Å². The van der Waals surface area contributed by atoms with Crippen LogP contribution in [0.3, 0.4) is 0 Å². The van der Waals surface area contributed by atoms with Crippen molar-refractivity contribution in [1.82, 2.24) is 4.58 Å². The molecule has 0 unspecified atom stereocenters. The molecule has 3 heterocycles. The van der Waals surface area contributed by atoms with Crippen LogP contribution >= 0.6 is 0 Å². The lowest BCUT2D eigenvalue weighted by molar-refractivity contribution is -0.134. The average Bonchev–Trinajstić information content (AvgIpc) is 2.89. The van der Waals surface area contributed by atoms with Crippen LogP contribution in [0.4, 0.5) is 5.69 Å². The number of aromatic carboxylic acids is 1. The first kappa shape index (κ1) is 24.6. The fourth-order valence-corrected chi connectivity index (χ4v) is 5.52. The Kier molecular flexibility index (Phi) is 6.70. The highest BCUT2D eigenvalue weighted by Crippen LogP contribution is 2.41. The van der Waals surface area contributed by atoms with E-state index in [1.165, 1.54) is 16.5 Å². The van der Waals surface area contributed by atoms with Crippen molar-refractivity contribution in [1.29, 1.82) is 0 Å². The number of rotatable bonds is 3. The molecule has 3 N–H and O–H groups in total. The Morgan fingerprint density at radius 1 is 0.973 bits per heavy atom. The molecule has 0 amide bonds. The third-order valence-corrected chi connectivity index (χ3v) is 7.11. The van der Waals surface area contributed by atoms with Crippen LogP contribution in [0, 0.1) is 0 Å². The fourth-order valence-electron chi connectivity index (χ4n) is 5.52. The van der Waals surface area contributed by atoms with E-state index < -0.39 is 11.9 Å². The SMILES string of the molecule is CC(=O)O.CC[N+]1=c2cc3c(cc2CCC1)=C(c1ccccc1C(=O)O)c1cc2c(cc1O3)NCCC2. The summed E-state index contributed by atoms with van der Waals surface area (Å²) in [5.74, 6) is -0.167. The second-order valence-electron chi connectivity index (χ2n) is 9.54. The molecule has 0 spiro atoms. The van der Waals surface area contributed by atoms with Gasteiger partial charge in [-0.05, 0) is 55.5 Å². The Bertz CT molecular complexity index is 1540. The minimum absolute atomic E-state index is 0.315. The summed E-state index contributed by atoms with van der Waals surface area (Å²) in [5.41, 5.74) is 6.65. The normalized spacial score (nSPS) is 15.0. The summed E-state index contributed by atoms with van der Waals surface area (Å²) in [6.07, 6.45) is 4.24. The zero-order valence-electron chi connectivity index (χ0n) is 21.1. The van der Waals surface area contributed by atoms with Gasteiger partial charge in [0.1, 0.15) is 24.6 Å². The van der Waals surface area contributed by atoms with E-state index in [0.717, 1.165) is 91.3 Å². The van der Waals surface area contributed by atoms with Gasteiger partial charge < -0.3 is 20.3 Å². The average molecular weight is 500 g/mol. The molecule has 3 aromatic rings. The number of aryl methyl sites for hydroxylation is 2. The van der Waals surface area contributed by atoms with Crippen molar-refractivity contribution in [3.05, 3.63) is 86.9 Å². The number of fused-ring (bicyclic) bond motifs is 4. The molecular formula is C30H31N2O5+. The predicted octanol–water partition coefficient (Wildman–Crippen LogP) is 3.64. The first-order chi connectivity index (χ1) is 17.9. The number of benzene rings is 3. The van der Waals surface area contributed by atoms with Crippen LogP contribution in [0.15, 0.2) is 48.5 Å². The first-order valence-corrected chi connectivity index (χ1v) is 12.8. The highest BCUT2D eigenvalue weighted by Gasteiger charge is 2.28. The molecule has 3 aromatic carbocycles. The van der Waals surface area contributed by atoms with E-state index in [1.54, 1.807) is 12.1 Å². The molecule has 6 rings (SSSR count). The molecule has 7 heteroatoms. The molecule has 0 saturated heterocycles. The minimum Gasteiger partial charge on any atom is -0.481 e. The number of carboxylic acid groups (broad SMARTS) is 2. The topological polar surface area (TPSA) is 98.9 Å². The van der Waals surface area contributed by atoms with E-state index in [4.69, 9.17) is 14.6 Å². The van der Waals surface area contributed by atoms with Crippen LogP contribution in [0.2, 0.25) is 0 Å². The second-order valence-corrected chi connectivity index (χ2v) is 9.54. The number of nitrogens with zero attached hydrogens (tertiary/aromatic N) is 1. The highest BCUT2D eigenvalue weighted by atomic mass is 16.5. The molecule has 37 heavy (non-hydrogen) atoms. The van der Waals surface area contributed by atoms with Gasteiger partial charge in [0, 0.05) is 53.6 Å². The van der Waals surface area contributed by atoms with E-state index in [1.807, 2.05) is 12.1 Å². The molecule has 0 bridgehead atoms. The van der Waals surface area contributed by atoms with Gasteiger partial charge >= 0.3 is 5.97 Å². The summed E-state index contributed by atoms with van der Waals surface area (Å²) < 4.78 is 8.92. The van der Waals surface area contributed by atoms with Gasteiger partial charge in [0.05, 0.1) is 11.6 Å². The number of hydrogen-bond donors (Lipinski definition) is 3. The molecule has 0 fully saturated rings. The van der Waals surface area contributed by atoms with E-state index in [9.17, 15) is 9.90 Å². The number of hydrogen-bond acceptors (Lipinski definition) is 4. The molecule has 7 nitrogen and oxygen atoms in total. The molecule has 190 valence electrons. The standard InChI is InChI=1S/C28H26N2O3.C2H4O2/c1-2-30-12-6-8-18-14-22-26(16-24(18)30)33-25-15-23-17(7-5-11-29-23)13-21(25)27(22)19-9-3-4-10-20(19)28(31)32;1-2(3)4/h3-4,9-10,13-16H,2,5-8,11-12H2,1H3,(H,31,32);1H3,(H,3,4)/p+1. The first-order valence-electron chi connectivity index (χ1n) is 12.8. The number of aliphatic carboxylic acids is 1. The quantitative estimate of drug-likeness (QED) is 0.372. The van der Waals surface area contributed by atoms with Crippen LogP contribution in [0.1, 0.15) is 59.3 Å². The minimum atomic E-state index is -0.914. The number of carbonyl (C=O) groups is 2. The van der Waals surface area contributed by atoms with Crippen LogP contribution in [-0.2, 0) is 17.6 Å². The van der Waals surface area contributed by atoms with Gasteiger partial charge in [-0.2, -0.15) is 0 Å².